The number of benzene rings is 1. The number of carbonyl (C=O) groups is 3. The van der Waals surface area contributed by atoms with E-state index in [1.807, 2.05) is 0 Å². The van der Waals surface area contributed by atoms with Crippen LogP contribution >= 0.6 is 24.0 Å². The van der Waals surface area contributed by atoms with Crippen LogP contribution in [0.5, 0.6) is 5.75 Å². The molecule has 0 aromatic heterocycles. The van der Waals surface area contributed by atoms with Gasteiger partial charge in [0.15, 0.2) is 0 Å². The largest absolute Gasteiger partial charge is 0.550 e. The summed E-state index contributed by atoms with van der Waals surface area (Å²) in [6.45, 7) is -0.310. The van der Waals surface area contributed by atoms with Crippen molar-refractivity contribution in [2.75, 3.05) is 13.2 Å². The summed E-state index contributed by atoms with van der Waals surface area (Å²) in [6.07, 6.45) is 1.79. The second-order valence-electron chi connectivity index (χ2n) is 5.04. The minimum absolute atomic E-state index is 0.135. The van der Waals surface area contributed by atoms with E-state index in [1.54, 1.807) is 30.3 Å². The van der Waals surface area contributed by atoms with Crippen LogP contribution in [-0.4, -0.2) is 40.2 Å². The van der Waals surface area contributed by atoms with Crippen molar-refractivity contribution in [1.82, 2.24) is 4.90 Å². The highest BCUT2D eigenvalue weighted by Crippen LogP contribution is 2.32. The van der Waals surface area contributed by atoms with Crippen molar-refractivity contribution in [3.05, 3.63) is 34.7 Å². The Morgan fingerprint density at radius 2 is 1.88 bits per heavy atom. The zero-order valence-corrected chi connectivity index (χ0v) is 14.6. The maximum atomic E-state index is 12.3. The summed E-state index contributed by atoms with van der Waals surface area (Å²) < 4.78 is 5.35. The first-order chi connectivity index (χ1) is 11.9. The molecule has 132 valence electrons. The van der Waals surface area contributed by atoms with Crippen molar-refractivity contribution in [1.29, 1.82) is 0 Å². The van der Waals surface area contributed by atoms with Gasteiger partial charge in [-0.05, 0) is 36.6 Å². The van der Waals surface area contributed by atoms with E-state index < -0.39 is 18.5 Å². The zero-order chi connectivity index (χ0) is 18.4. The van der Waals surface area contributed by atoms with Gasteiger partial charge in [-0.15, -0.1) is 0 Å². The average Bonchev–Trinajstić information content (AvgIpc) is 2.81. The second-order valence-corrected chi connectivity index (χ2v) is 6.71. The quantitative estimate of drug-likeness (QED) is 0.441. The molecule has 1 fully saturated rings. The van der Waals surface area contributed by atoms with Gasteiger partial charge in [-0.3, -0.25) is 9.69 Å². The first-order valence-electron chi connectivity index (χ1n) is 7.25. The normalized spacial score (nSPS) is 15.7. The molecule has 0 bridgehead atoms. The molecule has 7 nitrogen and oxygen atoms in total. The third-order valence-electron chi connectivity index (χ3n) is 3.17. The summed E-state index contributed by atoms with van der Waals surface area (Å²) in [5.74, 6) is -2.38. The molecule has 0 radical (unpaired) electrons. The number of thioether (sulfide) groups is 1. The van der Waals surface area contributed by atoms with E-state index in [2.05, 4.69) is 0 Å². The first kappa shape index (κ1) is 18.9. The highest BCUT2D eigenvalue weighted by Gasteiger charge is 2.31. The summed E-state index contributed by atoms with van der Waals surface area (Å²) in [4.78, 5) is 34.9. The third kappa shape index (κ3) is 5.57. The van der Waals surface area contributed by atoms with Crippen LogP contribution in [0, 0.1) is 0 Å². The fourth-order valence-corrected chi connectivity index (χ4v) is 3.34. The number of hydrogen-bond acceptors (Lipinski definition) is 8. The average molecular weight is 379 g/mol. The summed E-state index contributed by atoms with van der Waals surface area (Å²) >= 11 is 6.29. The Labute approximate surface area is 153 Å². The van der Waals surface area contributed by atoms with Crippen LogP contribution in [0.3, 0.4) is 0 Å². The summed E-state index contributed by atoms with van der Waals surface area (Å²) in [5.41, 5.74) is 0.719. The van der Waals surface area contributed by atoms with Crippen molar-refractivity contribution in [3.63, 3.8) is 0 Å². The molecule has 9 heteroatoms. The third-order valence-corrected chi connectivity index (χ3v) is 4.55. The maximum absolute atomic E-state index is 12.3. The van der Waals surface area contributed by atoms with Gasteiger partial charge in [-0.2, -0.15) is 0 Å². The Morgan fingerprint density at radius 1 is 1.20 bits per heavy atom. The Balaban J connectivity index is 2.00. The van der Waals surface area contributed by atoms with Gasteiger partial charge in [0.25, 0.3) is 5.91 Å². The lowest BCUT2D eigenvalue weighted by Crippen LogP contribution is -2.30. The van der Waals surface area contributed by atoms with Crippen LogP contribution < -0.4 is 14.9 Å². The number of carboxylic acid groups (broad SMARTS) is 2. The molecule has 0 N–H and O–H groups in total. The van der Waals surface area contributed by atoms with Crippen LogP contribution in [0.4, 0.5) is 0 Å². The zero-order valence-electron chi connectivity index (χ0n) is 12.9. The molecule has 1 aromatic rings. The lowest BCUT2D eigenvalue weighted by Gasteiger charge is -2.14. The van der Waals surface area contributed by atoms with Crippen LogP contribution in [0.25, 0.3) is 6.08 Å². The topological polar surface area (TPSA) is 110 Å². The van der Waals surface area contributed by atoms with Crippen molar-refractivity contribution in [2.24, 2.45) is 0 Å². The number of aliphatic carboxylic acids is 2. The van der Waals surface area contributed by atoms with Crippen molar-refractivity contribution < 1.29 is 29.3 Å². The SMILES string of the molecule is O=C([O-])CCCN1C(=O)/C(=C\c2ccc(OCC(=O)[O-])cc2)SC1=S. The Morgan fingerprint density at radius 3 is 2.48 bits per heavy atom. The van der Waals surface area contributed by atoms with E-state index in [0.29, 0.717) is 15.0 Å². The molecule has 0 spiro atoms. The predicted molar refractivity (Wildman–Crippen MR) is 91.1 cm³/mol. The highest BCUT2D eigenvalue weighted by molar-refractivity contribution is 8.26. The first-order valence-corrected chi connectivity index (χ1v) is 8.47. The molecule has 1 amide bonds. The van der Waals surface area contributed by atoms with Gasteiger partial charge in [0, 0.05) is 12.5 Å². The van der Waals surface area contributed by atoms with E-state index in [-0.39, 0.29) is 25.3 Å². The van der Waals surface area contributed by atoms with Crippen LogP contribution in [-0.2, 0) is 14.4 Å². The van der Waals surface area contributed by atoms with Crippen LogP contribution in [0.1, 0.15) is 18.4 Å². The van der Waals surface area contributed by atoms with E-state index in [4.69, 9.17) is 17.0 Å². The van der Waals surface area contributed by atoms with Gasteiger partial charge in [0.05, 0.1) is 10.9 Å². The minimum Gasteiger partial charge on any atom is -0.550 e. The second kappa shape index (κ2) is 8.63. The van der Waals surface area contributed by atoms with Gasteiger partial charge < -0.3 is 24.5 Å². The molecule has 1 saturated heterocycles. The summed E-state index contributed by atoms with van der Waals surface area (Å²) in [5, 5.41) is 20.8. The summed E-state index contributed by atoms with van der Waals surface area (Å²) in [7, 11) is 0. The lowest BCUT2D eigenvalue weighted by atomic mass is 10.2. The highest BCUT2D eigenvalue weighted by atomic mass is 32.2. The molecule has 1 aliphatic heterocycles. The molecular weight excluding hydrogens is 366 g/mol. The molecule has 0 atom stereocenters. The van der Waals surface area contributed by atoms with E-state index >= 15 is 0 Å². The molecule has 1 aromatic carbocycles. The number of amides is 1. The van der Waals surface area contributed by atoms with E-state index in [1.165, 1.54) is 4.90 Å². The monoisotopic (exact) mass is 379 g/mol. The molecule has 0 aliphatic carbocycles. The molecule has 2 rings (SSSR count). The number of rotatable bonds is 8. The number of thiocarbonyl (C=S) groups is 1. The van der Waals surface area contributed by atoms with Gasteiger partial charge in [0.1, 0.15) is 16.7 Å². The Bertz CT molecular complexity index is 729. The molecule has 0 saturated carbocycles. The molecule has 0 unspecified atom stereocenters. The molecular formula is C16H13NO6S2-2. The number of hydrogen-bond donors (Lipinski definition) is 0. The fraction of sp³-hybridized carbons (Fsp3) is 0.250. The van der Waals surface area contributed by atoms with E-state index in [0.717, 1.165) is 17.3 Å². The molecule has 1 aliphatic rings. The minimum atomic E-state index is -1.31. The Hall–Kier alpha value is -2.39. The fourth-order valence-electron chi connectivity index (χ4n) is 2.03. The standard InChI is InChI=1S/C16H15NO6S2/c18-13(19)2-1-7-17-15(22)12(25-16(17)24)8-10-3-5-11(6-4-10)23-9-14(20)21/h3-6,8H,1-2,7,9H2,(H,18,19)(H,20,21)/p-2/b12-8+. The lowest BCUT2D eigenvalue weighted by molar-refractivity contribution is -0.308. The van der Waals surface area contributed by atoms with Gasteiger partial charge in [-0.25, -0.2) is 0 Å². The van der Waals surface area contributed by atoms with Crippen molar-refractivity contribution in [3.8, 4) is 5.75 Å². The number of ether oxygens (including phenoxy) is 1. The molecule has 25 heavy (non-hydrogen) atoms. The van der Waals surface area contributed by atoms with Gasteiger partial charge >= 0.3 is 0 Å². The van der Waals surface area contributed by atoms with Gasteiger partial charge in [-0.1, -0.05) is 36.1 Å². The Kier molecular flexibility index (Phi) is 6.54. The molecule has 1 heterocycles. The van der Waals surface area contributed by atoms with Crippen molar-refractivity contribution in [2.45, 2.75) is 12.8 Å². The number of nitrogens with zero attached hydrogens (tertiary/aromatic N) is 1. The van der Waals surface area contributed by atoms with E-state index in [9.17, 15) is 24.6 Å². The van der Waals surface area contributed by atoms with Crippen molar-refractivity contribution >= 4 is 52.2 Å². The number of carbonyl (C=O) groups excluding carboxylic acids is 3. The predicted octanol–water partition coefficient (Wildman–Crippen LogP) is -0.453. The van der Waals surface area contributed by atoms with Gasteiger partial charge in [0.2, 0.25) is 0 Å². The van der Waals surface area contributed by atoms with Crippen LogP contribution in [0.15, 0.2) is 29.2 Å². The van der Waals surface area contributed by atoms with Crippen LogP contribution in [0.2, 0.25) is 0 Å². The maximum Gasteiger partial charge on any atom is 0.266 e. The number of carboxylic acids is 2. The summed E-state index contributed by atoms with van der Waals surface area (Å²) in [6, 6.07) is 6.51. The smallest absolute Gasteiger partial charge is 0.266 e.